The van der Waals surface area contributed by atoms with Gasteiger partial charge in [0.2, 0.25) is 0 Å². The van der Waals surface area contributed by atoms with E-state index in [1.807, 2.05) is 30.5 Å². The molecule has 0 aliphatic heterocycles. The number of hydrogen-bond donors (Lipinski definition) is 0. The summed E-state index contributed by atoms with van der Waals surface area (Å²) in [6, 6.07) is 64.5. The van der Waals surface area contributed by atoms with Crippen molar-refractivity contribution >= 4 is 55.8 Å². The summed E-state index contributed by atoms with van der Waals surface area (Å²) in [5.74, 6) is 0.649. The van der Waals surface area contributed by atoms with Crippen LogP contribution in [-0.4, -0.2) is 16.6 Å². The zero-order valence-electron chi connectivity index (χ0n) is 32.4. The molecular weight excluding hydrogens is 707 g/mol. The highest BCUT2D eigenvalue weighted by Crippen LogP contribution is 2.51. The van der Waals surface area contributed by atoms with Gasteiger partial charge in [-0.25, -0.2) is 4.99 Å². The molecule has 1 aliphatic rings. The van der Waals surface area contributed by atoms with Crippen LogP contribution in [0.3, 0.4) is 0 Å². The predicted octanol–water partition coefficient (Wildman–Crippen LogP) is 13.7. The summed E-state index contributed by atoms with van der Waals surface area (Å²) in [6.07, 6.45) is 1.91. The van der Waals surface area contributed by atoms with Crippen LogP contribution in [-0.2, 0) is 12.0 Å². The van der Waals surface area contributed by atoms with Gasteiger partial charge in [-0.2, -0.15) is 0 Å². The van der Waals surface area contributed by atoms with E-state index in [4.69, 9.17) is 14.4 Å². The van der Waals surface area contributed by atoms with E-state index in [1.54, 1.807) is 0 Å². The molecule has 58 heavy (non-hydrogen) atoms. The average molecular weight is 746 g/mol. The predicted molar refractivity (Wildman–Crippen MR) is 242 cm³/mol. The smallest absolute Gasteiger partial charge is 0.155 e. The van der Waals surface area contributed by atoms with Crippen molar-refractivity contribution in [1.82, 2.24) is 4.57 Å². The Labute approximate surface area is 337 Å². The molecule has 4 nitrogen and oxygen atoms in total. The summed E-state index contributed by atoms with van der Waals surface area (Å²) < 4.78 is 9.17. The zero-order chi connectivity index (χ0) is 38.8. The third-order valence-electron chi connectivity index (χ3n) is 11.9. The molecule has 0 saturated heterocycles. The van der Waals surface area contributed by atoms with Gasteiger partial charge < -0.3 is 8.98 Å². The molecule has 2 aromatic heterocycles. The molecule has 0 radical (unpaired) electrons. The monoisotopic (exact) mass is 745 g/mol. The van der Waals surface area contributed by atoms with E-state index >= 15 is 0 Å². The van der Waals surface area contributed by atoms with Gasteiger partial charge in [0.1, 0.15) is 11.2 Å². The number of para-hydroxylation sites is 1. The number of benzene rings is 8. The Balaban J connectivity index is 1.05. The van der Waals surface area contributed by atoms with Crippen LogP contribution in [0.15, 0.2) is 196 Å². The van der Waals surface area contributed by atoms with Gasteiger partial charge in [0, 0.05) is 33.4 Å². The SMILES string of the molecule is CC1(C)c2ccccc2-c2cc3c4ccccc4n(-c4cccc5oc6cc(C(=N/Cc7ccccc7)/N=C/c7cccc(-c8ccccc8)c7)ccc6c45)c3cc21. The number of fused-ring (bicyclic) bond motifs is 9. The quantitative estimate of drug-likeness (QED) is 0.123. The van der Waals surface area contributed by atoms with Crippen molar-refractivity contribution in [2.24, 2.45) is 9.98 Å². The molecule has 0 amide bonds. The van der Waals surface area contributed by atoms with Crippen molar-refractivity contribution in [3.8, 4) is 27.9 Å². The van der Waals surface area contributed by atoms with E-state index in [0.717, 1.165) is 49.9 Å². The van der Waals surface area contributed by atoms with E-state index in [9.17, 15) is 0 Å². The number of hydrogen-bond acceptors (Lipinski definition) is 2. The summed E-state index contributed by atoms with van der Waals surface area (Å²) in [5.41, 5.74) is 15.7. The highest BCUT2D eigenvalue weighted by Gasteiger charge is 2.36. The fourth-order valence-electron chi connectivity index (χ4n) is 9.08. The number of rotatable bonds is 6. The Morgan fingerprint density at radius 2 is 1.33 bits per heavy atom. The molecule has 2 heterocycles. The van der Waals surface area contributed by atoms with Gasteiger partial charge in [-0.05, 0) is 93.0 Å². The molecule has 10 aromatic rings. The summed E-state index contributed by atoms with van der Waals surface area (Å²) in [5, 5.41) is 4.62. The third-order valence-corrected chi connectivity index (χ3v) is 11.9. The van der Waals surface area contributed by atoms with E-state index < -0.39 is 0 Å². The molecule has 11 rings (SSSR count). The Bertz CT molecular complexity index is 3270. The highest BCUT2D eigenvalue weighted by molar-refractivity contribution is 6.16. The van der Waals surface area contributed by atoms with Crippen molar-refractivity contribution in [1.29, 1.82) is 0 Å². The lowest BCUT2D eigenvalue weighted by atomic mass is 9.82. The Hall–Kier alpha value is -7.30. The van der Waals surface area contributed by atoms with Crippen molar-refractivity contribution < 1.29 is 4.42 Å². The second-order valence-corrected chi connectivity index (χ2v) is 15.8. The number of amidine groups is 1. The fraction of sp³-hybridized carbons (Fsp3) is 0.0741. The maximum Gasteiger partial charge on any atom is 0.155 e. The molecule has 0 unspecified atom stereocenters. The second kappa shape index (κ2) is 13.4. The normalized spacial score (nSPS) is 13.6. The lowest BCUT2D eigenvalue weighted by Gasteiger charge is -2.21. The Kier molecular flexibility index (Phi) is 7.87. The summed E-state index contributed by atoms with van der Waals surface area (Å²) in [6.45, 7) is 5.21. The van der Waals surface area contributed by atoms with Crippen molar-refractivity contribution in [2.45, 2.75) is 25.8 Å². The summed E-state index contributed by atoms with van der Waals surface area (Å²) in [7, 11) is 0. The first-order chi connectivity index (χ1) is 28.5. The summed E-state index contributed by atoms with van der Waals surface area (Å²) >= 11 is 0. The highest BCUT2D eigenvalue weighted by atomic mass is 16.3. The molecule has 0 atom stereocenters. The van der Waals surface area contributed by atoms with Gasteiger partial charge in [0.05, 0.1) is 28.7 Å². The van der Waals surface area contributed by atoms with Gasteiger partial charge in [0.15, 0.2) is 5.84 Å². The maximum absolute atomic E-state index is 6.73. The molecular formula is C54H39N3O. The third kappa shape index (κ3) is 5.52. The Morgan fingerprint density at radius 3 is 2.21 bits per heavy atom. The van der Waals surface area contributed by atoms with Crippen LogP contribution in [0.1, 0.15) is 41.7 Å². The molecule has 0 saturated carbocycles. The van der Waals surface area contributed by atoms with Crippen LogP contribution < -0.4 is 0 Å². The van der Waals surface area contributed by atoms with E-state index in [-0.39, 0.29) is 5.41 Å². The van der Waals surface area contributed by atoms with Crippen molar-refractivity contribution in [3.05, 3.63) is 210 Å². The van der Waals surface area contributed by atoms with Gasteiger partial charge >= 0.3 is 0 Å². The minimum atomic E-state index is -0.112. The van der Waals surface area contributed by atoms with E-state index in [0.29, 0.717) is 12.4 Å². The zero-order valence-corrected chi connectivity index (χ0v) is 32.4. The van der Waals surface area contributed by atoms with Gasteiger partial charge in [-0.15, -0.1) is 0 Å². The number of nitrogens with zero attached hydrogens (tertiary/aromatic N) is 3. The topological polar surface area (TPSA) is 42.8 Å². The largest absolute Gasteiger partial charge is 0.456 e. The maximum atomic E-state index is 6.73. The minimum Gasteiger partial charge on any atom is -0.456 e. The van der Waals surface area contributed by atoms with Crippen LogP contribution >= 0.6 is 0 Å². The molecule has 1 aliphatic carbocycles. The lowest BCUT2D eigenvalue weighted by Crippen LogP contribution is -2.14. The minimum absolute atomic E-state index is 0.112. The number of aromatic nitrogens is 1. The first-order valence-electron chi connectivity index (χ1n) is 19.9. The number of furan rings is 1. The van der Waals surface area contributed by atoms with Crippen LogP contribution in [0.25, 0.3) is 71.7 Å². The lowest BCUT2D eigenvalue weighted by molar-refractivity contribution is 0.661. The second-order valence-electron chi connectivity index (χ2n) is 15.8. The molecule has 0 N–H and O–H groups in total. The van der Waals surface area contributed by atoms with Crippen molar-refractivity contribution in [3.63, 3.8) is 0 Å². The average Bonchev–Trinajstić information content (AvgIpc) is 3.88. The van der Waals surface area contributed by atoms with E-state index in [2.05, 4.69) is 176 Å². The van der Waals surface area contributed by atoms with Crippen LogP contribution in [0.5, 0.6) is 0 Å². The first kappa shape index (κ1) is 34.0. The molecule has 0 spiro atoms. The first-order valence-corrected chi connectivity index (χ1v) is 19.9. The molecule has 276 valence electrons. The Morgan fingerprint density at radius 1 is 0.569 bits per heavy atom. The van der Waals surface area contributed by atoms with Crippen LogP contribution in [0, 0.1) is 0 Å². The molecule has 0 bridgehead atoms. The fourth-order valence-corrected chi connectivity index (χ4v) is 9.08. The standard InChI is InChI=1S/C54H39N3O/c1-54(2)45-23-11-9-21-40(45)43-31-44-41-22-10-12-24-47(41)57(49(44)32-46(43)54)48-25-14-26-50-52(48)42-28-27-39(30-51(42)58-50)53(55-33-35-15-5-3-6-16-35)56-34-36-17-13-20-38(29-36)37-18-7-4-8-19-37/h3-32,34H,33H2,1-2H3/b55-53-,56-34+. The van der Waals surface area contributed by atoms with Gasteiger partial charge in [-0.1, -0.05) is 147 Å². The molecule has 4 heteroatoms. The van der Waals surface area contributed by atoms with Gasteiger partial charge in [-0.3, -0.25) is 4.99 Å². The van der Waals surface area contributed by atoms with Crippen LogP contribution in [0.2, 0.25) is 0 Å². The van der Waals surface area contributed by atoms with E-state index in [1.165, 1.54) is 49.6 Å². The van der Waals surface area contributed by atoms with Crippen LogP contribution in [0.4, 0.5) is 0 Å². The van der Waals surface area contributed by atoms with Crippen molar-refractivity contribution in [2.75, 3.05) is 0 Å². The van der Waals surface area contributed by atoms with Gasteiger partial charge in [0.25, 0.3) is 0 Å². The number of aliphatic imine (C=N–C) groups is 2. The molecule has 8 aromatic carbocycles. The summed E-state index contributed by atoms with van der Waals surface area (Å²) in [4.78, 5) is 10.1. The molecule has 0 fully saturated rings.